The third-order valence-electron chi connectivity index (χ3n) is 2.96. The predicted molar refractivity (Wildman–Crippen MR) is 83.3 cm³/mol. The van der Waals surface area contributed by atoms with Crippen molar-refractivity contribution >= 4 is 39.1 Å². The van der Waals surface area contributed by atoms with Crippen molar-refractivity contribution in [3.05, 3.63) is 55.4 Å². The normalized spacial score (nSPS) is 10.5. The second-order valence-electron chi connectivity index (χ2n) is 4.34. The minimum Gasteiger partial charge on any atom is -0.317 e. The van der Waals surface area contributed by atoms with Crippen LogP contribution in [-0.4, -0.2) is 10.3 Å². The topological polar surface area (TPSA) is 74.4 Å². The number of carbonyl (C=O) groups excluding carboxylic acids is 1. The largest absolute Gasteiger partial charge is 0.317 e. The van der Waals surface area contributed by atoms with Gasteiger partial charge in [0.25, 0.3) is 11.5 Å². The molecule has 0 radical (unpaired) electrons. The summed E-state index contributed by atoms with van der Waals surface area (Å²) in [6, 6.07) is 6.93. The molecular weight excluding hydrogens is 306 g/mol. The number of nitriles is 1. The Kier molecular flexibility index (Phi) is 3.33. The van der Waals surface area contributed by atoms with E-state index in [1.165, 1.54) is 33.1 Å². The molecule has 0 aliphatic rings. The van der Waals surface area contributed by atoms with E-state index >= 15 is 0 Å². The van der Waals surface area contributed by atoms with Gasteiger partial charge in [0, 0.05) is 11.1 Å². The third kappa shape index (κ3) is 2.24. The van der Waals surface area contributed by atoms with Crippen molar-refractivity contribution in [1.82, 2.24) is 4.40 Å². The van der Waals surface area contributed by atoms with Gasteiger partial charge in [0.1, 0.15) is 16.6 Å². The minimum atomic E-state index is -0.348. The van der Waals surface area contributed by atoms with E-state index < -0.39 is 0 Å². The first-order chi connectivity index (χ1) is 10.1. The van der Waals surface area contributed by atoms with E-state index in [1.54, 1.807) is 24.4 Å². The molecule has 3 aromatic heterocycles. The first-order valence-corrected chi connectivity index (χ1v) is 7.76. The fourth-order valence-electron chi connectivity index (χ4n) is 1.99. The number of thiazole rings is 1. The van der Waals surface area contributed by atoms with E-state index in [0.717, 1.165) is 5.69 Å². The number of aromatic nitrogens is 1. The fourth-order valence-corrected chi connectivity index (χ4v) is 3.56. The van der Waals surface area contributed by atoms with E-state index in [0.29, 0.717) is 15.3 Å². The van der Waals surface area contributed by atoms with E-state index in [-0.39, 0.29) is 17.2 Å². The molecule has 0 aliphatic carbocycles. The molecule has 3 heterocycles. The van der Waals surface area contributed by atoms with Crippen LogP contribution in [0.2, 0.25) is 0 Å². The van der Waals surface area contributed by atoms with Crippen molar-refractivity contribution in [2.45, 2.75) is 6.92 Å². The van der Waals surface area contributed by atoms with Crippen LogP contribution in [0.15, 0.2) is 33.8 Å². The summed E-state index contributed by atoms with van der Waals surface area (Å²) in [4.78, 5) is 25.6. The van der Waals surface area contributed by atoms with Crippen LogP contribution in [0.25, 0.3) is 4.83 Å². The van der Waals surface area contributed by atoms with Gasteiger partial charge in [-0.15, -0.1) is 22.7 Å². The summed E-state index contributed by atoms with van der Waals surface area (Å²) in [7, 11) is 0. The van der Waals surface area contributed by atoms with Gasteiger partial charge in [-0.2, -0.15) is 5.26 Å². The van der Waals surface area contributed by atoms with E-state index in [9.17, 15) is 14.9 Å². The Morgan fingerprint density at radius 2 is 2.24 bits per heavy atom. The van der Waals surface area contributed by atoms with Crippen LogP contribution in [0.1, 0.15) is 20.9 Å². The molecule has 0 aromatic carbocycles. The number of fused-ring (bicyclic) bond motifs is 1. The van der Waals surface area contributed by atoms with Crippen molar-refractivity contribution in [2.75, 3.05) is 5.32 Å². The van der Waals surface area contributed by atoms with Crippen LogP contribution in [0.5, 0.6) is 0 Å². The van der Waals surface area contributed by atoms with Gasteiger partial charge in [0.2, 0.25) is 0 Å². The second kappa shape index (κ2) is 5.16. The number of thiophene rings is 1. The lowest BCUT2D eigenvalue weighted by atomic mass is 10.2. The fraction of sp³-hybridized carbons (Fsp3) is 0.0714. The second-order valence-corrected chi connectivity index (χ2v) is 6.14. The number of carbonyl (C=O) groups is 1. The van der Waals surface area contributed by atoms with Gasteiger partial charge in [0.15, 0.2) is 0 Å². The summed E-state index contributed by atoms with van der Waals surface area (Å²) in [5, 5.41) is 15.4. The lowest BCUT2D eigenvalue weighted by molar-refractivity contribution is 0.103. The maximum Gasteiger partial charge on any atom is 0.279 e. The number of hydrogen-bond donors (Lipinski definition) is 1. The number of anilines is 1. The van der Waals surface area contributed by atoms with Crippen molar-refractivity contribution in [3.8, 4) is 6.07 Å². The zero-order valence-corrected chi connectivity index (χ0v) is 12.5. The molecule has 0 fully saturated rings. The lowest BCUT2D eigenvalue weighted by Gasteiger charge is -2.05. The number of pyridine rings is 1. The maximum absolute atomic E-state index is 12.4. The molecule has 0 spiro atoms. The number of nitrogens with zero attached hydrogens (tertiary/aromatic N) is 2. The zero-order chi connectivity index (χ0) is 15.0. The maximum atomic E-state index is 12.4. The van der Waals surface area contributed by atoms with Gasteiger partial charge >= 0.3 is 0 Å². The summed E-state index contributed by atoms with van der Waals surface area (Å²) >= 11 is 2.63. The Labute approximate surface area is 127 Å². The molecular formula is C14H9N3O2S2. The Bertz CT molecular complexity index is 930. The predicted octanol–water partition coefficient (Wildman–Crippen LogP) is 2.85. The number of rotatable bonds is 2. The highest BCUT2D eigenvalue weighted by atomic mass is 32.1. The standard InChI is InChI=1S/C14H9N3O2S2/c1-8-7-21-14-9(6-15)5-10(13(19)17(8)14)16-12(18)11-3-2-4-20-11/h2-5,7H,1H3,(H,16,18). The van der Waals surface area contributed by atoms with Crippen LogP contribution in [0.4, 0.5) is 5.69 Å². The molecule has 21 heavy (non-hydrogen) atoms. The average molecular weight is 315 g/mol. The Morgan fingerprint density at radius 1 is 1.43 bits per heavy atom. The van der Waals surface area contributed by atoms with Crippen LogP contribution >= 0.6 is 22.7 Å². The molecule has 3 aromatic rings. The third-order valence-corrected chi connectivity index (χ3v) is 4.92. The molecule has 0 aliphatic heterocycles. The van der Waals surface area contributed by atoms with Gasteiger partial charge in [-0.1, -0.05) is 6.07 Å². The molecule has 0 bridgehead atoms. The average Bonchev–Trinajstić information content (AvgIpc) is 3.12. The molecule has 104 valence electrons. The Morgan fingerprint density at radius 3 is 2.90 bits per heavy atom. The number of amides is 1. The molecule has 5 nitrogen and oxygen atoms in total. The quantitative estimate of drug-likeness (QED) is 0.790. The van der Waals surface area contributed by atoms with Gasteiger partial charge in [-0.3, -0.25) is 14.0 Å². The minimum absolute atomic E-state index is 0.115. The lowest BCUT2D eigenvalue weighted by Crippen LogP contribution is -2.22. The number of aryl methyl sites for hydroxylation is 1. The van der Waals surface area contributed by atoms with Crippen molar-refractivity contribution in [2.24, 2.45) is 0 Å². The molecule has 1 N–H and O–H groups in total. The molecule has 0 saturated heterocycles. The highest BCUT2D eigenvalue weighted by Crippen LogP contribution is 2.21. The summed E-state index contributed by atoms with van der Waals surface area (Å²) in [5.41, 5.74) is 0.898. The highest BCUT2D eigenvalue weighted by Gasteiger charge is 2.15. The van der Waals surface area contributed by atoms with Gasteiger partial charge < -0.3 is 5.32 Å². The Balaban J connectivity index is 2.13. The van der Waals surface area contributed by atoms with Gasteiger partial charge in [-0.25, -0.2) is 0 Å². The molecule has 3 rings (SSSR count). The van der Waals surface area contributed by atoms with Crippen molar-refractivity contribution in [1.29, 1.82) is 5.26 Å². The summed E-state index contributed by atoms with van der Waals surface area (Å²) in [6.45, 7) is 1.79. The first kappa shape index (κ1) is 13.5. The highest BCUT2D eigenvalue weighted by molar-refractivity contribution is 7.15. The number of nitrogens with one attached hydrogen (secondary N) is 1. The molecule has 0 unspecified atom stereocenters. The van der Waals surface area contributed by atoms with Crippen LogP contribution in [0.3, 0.4) is 0 Å². The van der Waals surface area contributed by atoms with Crippen molar-refractivity contribution in [3.63, 3.8) is 0 Å². The first-order valence-electron chi connectivity index (χ1n) is 6.00. The van der Waals surface area contributed by atoms with Crippen LogP contribution in [0, 0.1) is 18.3 Å². The van der Waals surface area contributed by atoms with Crippen LogP contribution < -0.4 is 10.9 Å². The molecule has 1 amide bonds. The zero-order valence-electron chi connectivity index (χ0n) is 10.9. The van der Waals surface area contributed by atoms with Crippen molar-refractivity contribution < 1.29 is 4.79 Å². The van der Waals surface area contributed by atoms with Gasteiger partial charge in [0.05, 0.1) is 10.4 Å². The smallest absolute Gasteiger partial charge is 0.279 e. The van der Waals surface area contributed by atoms with Crippen LogP contribution in [-0.2, 0) is 0 Å². The summed E-state index contributed by atoms with van der Waals surface area (Å²) < 4.78 is 1.45. The summed E-state index contributed by atoms with van der Waals surface area (Å²) in [5.74, 6) is -0.348. The monoisotopic (exact) mass is 315 g/mol. The van der Waals surface area contributed by atoms with E-state index in [2.05, 4.69) is 11.4 Å². The van der Waals surface area contributed by atoms with Gasteiger partial charge in [-0.05, 0) is 24.4 Å². The number of hydrogen-bond acceptors (Lipinski definition) is 5. The van der Waals surface area contributed by atoms with E-state index in [1.807, 2.05) is 5.38 Å². The molecule has 0 atom stereocenters. The molecule has 7 heteroatoms. The summed E-state index contributed by atoms with van der Waals surface area (Å²) in [6.07, 6.45) is 0. The molecule has 0 saturated carbocycles. The Hall–Kier alpha value is -2.43. The van der Waals surface area contributed by atoms with E-state index in [4.69, 9.17) is 0 Å². The SMILES string of the molecule is Cc1csc2c(C#N)cc(NC(=O)c3cccs3)c(=O)n12.